The Bertz CT molecular complexity index is 563. The van der Waals surface area contributed by atoms with E-state index in [0.717, 1.165) is 25.3 Å². The summed E-state index contributed by atoms with van der Waals surface area (Å²) >= 11 is 0. The molecule has 18 heavy (non-hydrogen) atoms. The average Bonchev–Trinajstić information content (AvgIpc) is 2.46. The minimum Gasteiger partial charge on any atom is -0.496 e. The molecule has 1 aliphatic heterocycles. The van der Waals surface area contributed by atoms with Crippen LogP contribution in [0.2, 0.25) is 0 Å². The lowest BCUT2D eigenvalue weighted by Crippen LogP contribution is -2.24. The fourth-order valence-corrected chi connectivity index (χ4v) is 2.65. The van der Waals surface area contributed by atoms with E-state index in [2.05, 4.69) is 35.6 Å². The number of methoxy groups -OCH3 is 1. The van der Waals surface area contributed by atoms with E-state index in [1.165, 1.54) is 22.3 Å². The third-order valence-electron chi connectivity index (χ3n) is 3.54. The monoisotopic (exact) mass is 239 g/mol. The van der Waals surface area contributed by atoms with Crippen LogP contribution < -0.4 is 10.1 Å². The molecular weight excluding hydrogens is 222 g/mol. The maximum Gasteiger partial charge on any atom is 0.126 e. The lowest BCUT2D eigenvalue weighted by atomic mass is 9.91. The topological polar surface area (TPSA) is 21.3 Å². The van der Waals surface area contributed by atoms with Gasteiger partial charge in [0.1, 0.15) is 5.75 Å². The molecule has 2 aromatic rings. The zero-order valence-electron chi connectivity index (χ0n) is 10.6. The van der Waals surface area contributed by atoms with Gasteiger partial charge in [-0.25, -0.2) is 0 Å². The van der Waals surface area contributed by atoms with Crippen LogP contribution in [0.5, 0.6) is 5.75 Å². The Morgan fingerprint density at radius 1 is 1.00 bits per heavy atom. The fourth-order valence-electron chi connectivity index (χ4n) is 2.65. The average molecular weight is 239 g/mol. The highest BCUT2D eigenvalue weighted by molar-refractivity contribution is 5.74. The maximum absolute atomic E-state index is 5.48. The Labute approximate surface area is 108 Å². The van der Waals surface area contributed by atoms with Gasteiger partial charge in [0.25, 0.3) is 0 Å². The molecule has 2 heteroatoms. The SMILES string of the molecule is COc1ccccc1-c1cccc2c1CCNC2. The van der Waals surface area contributed by atoms with Gasteiger partial charge in [0.2, 0.25) is 0 Å². The second-order valence-electron chi connectivity index (χ2n) is 4.57. The second kappa shape index (κ2) is 4.83. The first kappa shape index (κ1) is 11.3. The molecule has 0 radical (unpaired) electrons. The smallest absolute Gasteiger partial charge is 0.126 e. The molecule has 0 amide bonds. The lowest BCUT2D eigenvalue weighted by Gasteiger charge is -2.21. The van der Waals surface area contributed by atoms with E-state index in [0.29, 0.717) is 0 Å². The zero-order chi connectivity index (χ0) is 12.4. The summed E-state index contributed by atoms with van der Waals surface area (Å²) in [5.41, 5.74) is 5.37. The number of hydrogen-bond donors (Lipinski definition) is 1. The Balaban J connectivity index is 2.17. The minimum atomic E-state index is 0.949. The number of hydrogen-bond acceptors (Lipinski definition) is 2. The predicted molar refractivity (Wildman–Crippen MR) is 73.8 cm³/mol. The van der Waals surface area contributed by atoms with Crippen LogP contribution in [0.4, 0.5) is 0 Å². The molecule has 2 nitrogen and oxygen atoms in total. The van der Waals surface area contributed by atoms with Crippen molar-refractivity contribution >= 4 is 0 Å². The molecule has 1 heterocycles. The molecule has 1 N–H and O–H groups in total. The van der Waals surface area contributed by atoms with Crippen LogP contribution in [0.15, 0.2) is 42.5 Å². The second-order valence-corrected chi connectivity index (χ2v) is 4.57. The molecule has 0 atom stereocenters. The standard InChI is InChI=1S/C16H17NO/c1-18-16-8-3-2-6-15(16)14-7-4-5-12-11-17-10-9-13(12)14/h2-8,17H,9-11H2,1H3. The van der Waals surface area contributed by atoms with Crippen LogP contribution in [0.1, 0.15) is 11.1 Å². The van der Waals surface area contributed by atoms with Crippen molar-refractivity contribution in [3.63, 3.8) is 0 Å². The number of fused-ring (bicyclic) bond motifs is 1. The highest BCUT2D eigenvalue weighted by atomic mass is 16.5. The fraction of sp³-hybridized carbons (Fsp3) is 0.250. The highest BCUT2D eigenvalue weighted by Crippen LogP contribution is 2.34. The van der Waals surface area contributed by atoms with Gasteiger partial charge in [0, 0.05) is 12.1 Å². The van der Waals surface area contributed by atoms with Crippen molar-refractivity contribution in [1.29, 1.82) is 0 Å². The van der Waals surface area contributed by atoms with Gasteiger partial charge in [-0.3, -0.25) is 0 Å². The van der Waals surface area contributed by atoms with Gasteiger partial charge in [-0.05, 0) is 35.7 Å². The molecule has 0 spiro atoms. The number of nitrogens with one attached hydrogen (secondary N) is 1. The molecule has 0 saturated carbocycles. The Morgan fingerprint density at radius 2 is 1.83 bits per heavy atom. The van der Waals surface area contributed by atoms with E-state index >= 15 is 0 Å². The van der Waals surface area contributed by atoms with E-state index in [9.17, 15) is 0 Å². The van der Waals surface area contributed by atoms with Crippen molar-refractivity contribution in [2.75, 3.05) is 13.7 Å². The molecule has 1 aliphatic rings. The number of para-hydroxylation sites is 1. The summed E-state index contributed by atoms with van der Waals surface area (Å²) in [5.74, 6) is 0.949. The van der Waals surface area contributed by atoms with E-state index in [-0.39, 0.29) is 0 Å². The van der Waals surface area contributed by atoms with E-state index in [1.807, 2.05) is 12.1 Å². The number of ether oxygens (including phenoxy) is 1. The van der Waals surface area contributed by atoms with Crippen molar-refractivity contribution < 1.29 is 4.74 Å². The van der Waals surface area contributed by atoms with E-state index in [1.54, 1.807) is 7.11 Å². The first-order valence-electron chi connectivity index (χ1n) is 6.35. The Kier molecular flexibility index (Phi) is 3.03. The molecular formula is C16H17NO. The first-order valence-corrected chi connectivity index (χ1v) is 6.35. The van der Waals surface area contributed by atoms with Crippen LogP contribution >= 0.6 is 0 Å². The third-order valence-corrected chi connectivity index (χ3v) is 3.54. The van der Waals surface area contributed by atoms with Gasteiger partial charge in [-0.1, -0.05) is 36.4 Å². The normalized spacial score (nSPS) is 14.1. The first-order chi connectivity index (χ1) is 8.90. The molecule has 2 aromatic carbocycles. The minimum absolute atomic E-state index is 0.949. The van der Waals surface area contributed by atoms with E-state index in [4.69, 9.17) is 4.74 Å². The zero-order valence-corrected chi connectivity index (χ0v) is 10.6. The molecule has 3 rings (SSSR count). The molecule has 0 fully saturated rings. The summed E-state index contributed by atoms with van der Waals surface area (Å²) in [6.07, 6.45) is 1.09. The third kappa shape index (κ3) is 1.89. The number of rotatable bonds is 2. The molecule has 92 valence electrons. The summed E-state index contributed by atoms with van der Waals surface area (Å²) in [6.45, 7) is 2.03. The predicted octanol–water partition coefficient (Wildman–Crippen LogP) is 3.01. The molecule has 0 saturated heterocycles. The Hall–Kier alpha value is -1.80. The van der Waals surface area contributed by atoms with Crippen LogP contribution in [-0.4, -0.2) is 13.7 Å². The van der Waals surface area contributed by atoms with Crippen LogP contribution in [0, 0.1) is 0 Å². The van der Waals surface area contributed by atoms with Crippen molar-refractivity contribution in [2.24, 2.45) is 0 Å². The lowest BCUT2D eigenvalue weighted by molar-refractivity contribution is 0.416. The summed E-state index contributed by atoms with van der Waals surface area (Å²) < 4.78 is 5.48. The molecule has 0 aliphatic carbocycles. The van der Waals surface area contributed by atoms with Crippen LogP contribution in [-0.2, 0) is 13.0 Å². The van der Waals surface area contributed by atoms with Gasteiger partial charge in [0.05, 0.1) is 7.11 Å². The number of benzene rings is 2. The Morgan fingerprint density at radius 3 is 2.72 bits per heavy atom. The summed E-state index contributed by atoms with van der Waals surface area (Å²) in [5, 5.41) is 3.42. The van der Waals surface area contributed by atoms with Crippen molar-refractivity contribution in [1.82, 2.24) is 5.32 Å². The van der Waals surface area contributed by atoms with Gasteiger partial charge < -0.3 is 10.1 Å². The maximum atomic E-state index is 5.48. The summed E-state index contributed by atoms with van der Waals surface area (Å²) in [4.78, 5) is 0. The molecule has 0 aromatic heterocycles. The summed E-state index contributed by atoms with van der Waals surface area (Å²) in [6, 6.07) is 14.8. The van der Waals surface area contributed by atoms with Crippen molar-refractivity contribution in [3.8, 4) is 16.9 Å². The largest absolute Gasteiger partial charge is 0.496 e. The molecule has 0 bridgehead atoms. The van der Waals surface area contributed by atoms with Gasteiger partial charge in [0.15, 0.2) is 0 Å². The van der Waals surface area contributed by atoms with Crippen molar-refractivity contribution in [2.45, 2.75) is 13.0 Å². The quantitative estimate of drug-likeness (QED) is 0.869. The summed E-state index contributed by atoms with van der Waals surface area (Å²) in [7, 11) is 1.73. The van der Waals surface area contributed by atoms with Gasteiger partial charge >= 0.3 is 0 Å². The van der Waals surface area contributed by atoms with E-state index < -0.39 is 0 Å². The van der Waals surface area contributed by atoms with Gasteiger partial charge in [-0.2, -0.15) is 0 Å². The molecule has 0 unspecified atom stereocenters. The van der Waals surface area contributed by atoms with Gasteiger partial charge in [-0.15, -0.1) is 0 Å². The van der Waals surface area contributed by atoms with Crippen molar-refractivity contribution in [3.05, 3.63) is 53.6 Å². The van der Waals surface area contributed by atoms with Crippen LogP contribution in [0.3, 0.4) is 0 Å². The van der Waals surface area contributed by atoms with Crippen LogP contribution in [0.25, 0.3) is 11.1 Å². The highest BCUT2D eigenvalue weighted by Gasteiger charge is 2.15.